The highest BCUT2D eigenvalue weighted by atomic mass is 79.9. The molecule has 1 aromatic carbocycles. The lowest BCUT2D eigenvalue weighted by Crippen LogP contribution is -2.56. The number of carboxylic acid groups (broad SMARTS) is 1. The van der Waals surface area contributed by atoms with Crippen molar-refractivity contribution in [3.63, 3.8) is 0 Å². The van der Waals surface area contributed by atoms with Crippen molar-refractivity contribution >= 4 is 85.6 Å². The second-order valence-corrected chi connectivity index (χ2v) is 8.60. The maximum atomic E-state index is 12.2. The van der Waals surface area contributed by atoms with E-state index in [0.29, 0.717) is 10.4 Å². The van der Waals surface area contributed by atoms with E-state index in [1.807, 2.05) is 0 Å². The topological polar surface area (TPSA) is 104 Å². The molecule has 12 heteroatoms. The van der Waals surface area contributed by atoms with Crippen molar-refractivity contribution < 1.29 is 19.1 Å². The first-order valence-corrected chi connectivity index (χ1v) is 9.43. The Bertz CT molecular complexity index is 872. The third-order valence-corrected chi connectivity index (χ3v) is 4.34. The summed E-state index contributed by atoms with van der Waals surface area (Å²) in [6.07, 6.45) is -1.21. The Morgan fingerprint density at radius 3 is 2.44 bits per heavy atom. The number of hydrogen-bond acceptors (Lipinski definition) is 4. The van der Waals surface area contributed by atoms with E-state index in [-0.39, 0.29) is 16.4 Å². The van der Waals surface area contributed by atoms with Gasteiger partial charge in [-0.05, 0) is 58.5 Å². The molecule has 2 rings (SSSR count). The Hall–Kier alpha value is -1.52. The van der Waals surface area contributed by atoms with Crippen LogP contribution in [0, 0.1) is 0 Å². The summed E-state index contributed by atoms with van der Waals surface area (Å²) in [6.45, 7) is 0. The Labute approximate surface area is 182 Å². The molecule has 27 heavy (non-hydrogen) atoms. The molecule has 2 aromatic rings. The summed E-state index contributed by atoms with van der Waals surface area (Å²) in [5.74, 6) is -1.73. The second kappa shape index (κ2) is 9.11. The molecule has 0 bridgehead atoms. The van der Waals surface area contributed by atoms with Crippen molar-refractivity contribution in [2.75, 3.05) is 5.32 Å². The lowest BCUT2D eigenvalue weighted by atomic mass is 10.2. The molecule has 0 aliphatic rings. The highest BCUT2D eigenvalue weighted by molar-refractivity contribution is 9.10. The number of anilines is 1. The molecule has 1 atom stereocenters. The number of furan rings is 1. The van der Waals surface area contributed by atoms with Gasteiger partial charge in [0.2, 0.25) is 3.79 Å². The fourth-order valence-corrected chi connectivity index (χ4v) is 2.74. The fourth-order valence-electron chi connectivity index (χ4n) is 1.87. The molecule has 7 nitrogen and oxygen atoms in total. The number of carbonyl (C=O) groups is 2. The summed E-state index contributed by atoms with van der Waals surface area (Å²) in [7, 11) is 0. The smallest absolute Gasteiger partial charge is 0.335 e. The third kappa shape index (κ3) is 6.54. The molecule has 4 N–H and O–H groups in total. The largest absolute Gasteiger partial charge is 0.478 e. The first-order chi connectivity index (χ1) is 12.6. The van der Waals surface area contributed by atoms with Gasteiger partial charge < -0.3 is 25.5 Å². The van der Waals surface area contributed by atoms with Crippen LogP contribution in [-0.4, -0.2) is 32.1 Å². The number of nitrogens with one attached hydrogen (secondary N) is 3. The lowest BCUT2D eigenvalue weighted by Gasteiger charge is -2.27. The minimum Gasteiger partial charge on any atom is -0.478 e. The predicted molar refractivity (Wildman–Crippen MR) is 111 cm³/mol. The van der Waals surface area contributed by atoms with Gasteiger partial charge in [0.1, 0.15) is 6.17 Å². The molecule has 1 heterocycles. The molecule has 0 aliphatic heterocycles. The SMILES string of the molecule is O=C(O)c1cccc(NC(=S)N[C@H](NC(=O)c2ccc(Br)o2)C(Cl)(Cl)Cl)c1. The third-order valence-electron chi connectivity index (χ3n) is 3.04. The zero-order valence-electron chi connectivity index (χ0n) is 13.1. The van der Waals surface area contributed by atoms with Crippen molar-refractivity contribution in [3.8, 4) is 0 Å². The van der Waals surface area contributed by atoms with Crippen LogP contribution in [0.3, 0.4) is 0 Å². The molecule has 0 fully saturated rings. The number of carbonyl (C=O) groups excluding carboxylic acids is 1. The van der Waals surface area contributed by atoms with Gasteiger partial charge >= 0.3 is 5.97 Å². The van der Waals surface area contributed by atoms with E-state index in [1.165, 1.54) is 30.3 Å². The summed E-state index contributed by atoms with van der Waals surface area (Å²) in [4.78, 5) is 23.2. The Morgan fingerprint density at radius 2 is 1.89 bits per heavy atom. The lowest BCUT2D eigenvalue weighted by molar-refractivity contribution is 0.0696. The van der Waals surface area contributed by atoms with Crippen molar-refractivity contribution in [2.45, 2.75) is 9.96 Å². The number of rotatable bonds is 5. The highest BCUT2D eigenvalue weighted by Gasteiger charge is 2.35. The van der Waals surface area contributed by atoms with Crippen LogP contribution in [0.5, 0.6) is 0 Å². The predicted octanol–water partition coefficient (Wildman–Crippen LogP) is 4.15. The number of amides is 1. The molecule has 0 unspecified atom stereocenters. The average molecular weight is 516 g/mol. The van der Waals surface area contributed by atoms with Crippen molar-refractivity contribution in [1.82, 2.24) is 10.6 Å². The molecule has 0 radical (unpaired) electrons. The number of hydrogen-bond donors (Lipinski definition) is 4. The van der Waals surface area contributed by atoms with Crippen molar-refractivity contribution in [3.05, 3.63) is 52.4 Å². The summed E-state index contributed by atoms with van der Waals surface area (Å²) >= 11 is 25.9. The minimum absolute atomic E-state index is 0.00374. The maximum absolute atomic E-state index is 12.2. The van der Waals surface area contributed by atoms with Gasteiger partial charge in [0.05, 0.1) is 5.56 Å². The quantitative estimate of drug-likeness (QED) is 0.269. The molecule has 1 aromatic heterocycles. The molecule has 0 spiro atoms. The van der Waals surface area contributed by atoms with E-state index in [9.17, 15) is 9.59 Å². The van der Waals surface area contributed by atoms with Gasteiger partial charge in [-0.15, -0.1) is 0 Å². The van der Waals surface area contributed by atoms with Crippen LogP contribution in [0.4, 0.5) is 5.69 Å². The first kappa shape index (κ1) is 21.8. The average Bonchev–Trinajstić information content (AvgIpc) is 3.00. The Kier molecular flexibility index (Phi) is 7.35. The van der Waals surface area contributed by atoms with Gasteiger partial charge in [-0.1, -0.05) is 40.9 Å². The molecule has 0 aliphatic carbocycles. The summed E-state index contributed by atoms with van der Waals surface area (Å²) in [6, 6.07) is 8.91. The summed E-state index contributed by atoms with van der Waals surface area (Å²) in [5.41, 5.74) is 0.467. The standard InChI is InChI=1S/C15H11BrCl3N3O4S/c16-10-5-4-9(26-10)11(23)21-13(15(17,18)19)22-14(27)20-8-3-1-2-7(6-8)12(24)25/h1-6,13H,(H,21,23)(H,24,25)(H2,20,22,27)/t13-/m0/s1. The van der Waals surface area contributed by atoms with E-state index in [0.717, 1.165) is 0 Å². The second-order valence-electron chi connectivity index (χ2n) is 5.04. The zero-order valence-corrected chi connectivity index (χ0v) is 17.8. The Balaban J connectivity index is 2.07. The number of thiocarbonyl (C=S) groups is 1. The summed E-state index contributed by atoms with van der Waals surface area (Å²) in [5, 5.41) is 16.9. The first-order valence-electron chi connectivity index (χ1n) is 7.10. The van der Waals surface area contributed by atoms with Crippen LogP contribution in [0.25, 0.3) is 0 Å². The van der Waals surface area contributed by atoms with Crippen LogP contribution in [0.2, 0.25) is 0 Å². The van der Waals surface area contributed by atoms with Crippen molar-refractivity contribution in [1.29, 1.82) is 0 Å². The normalized spacial score (nSPS) is 12.1. The Morgan fingerprint density at radius 1 is 1.19 bits per heavy atom. The van der Waals surface area contributed by atoms with Crippen LogP contribution in [-0.2, 0) is 0 Å². The molecule has 0 saturated carbocycles. The van der Waals surface area contributed by atoms with E-state index < -0.39 is 21.8 Å². The maximum Gasteiger partial charge on any atom is 0.335 e. The summed E-state index contributed by atoms with van der Waals surface area (Å²) < 4.78 is 3.55. The van der Waals surface area contributed by atoms with Crippen LogP contribution >= 0.6 is 63.0 Å². The van der Waals surface area contributed by atoms with E-state index in [1.54, 1.807) is 6.07 Å². The zero-order chi connectivity index (χ0) is 20.2. The van der Waals surface area contributed by atoms with Gasteiger partial charge in [-0.25, -0.2) is 4.79 Å². The molecular formula is C15H11BrCl3N3O4S. The fraction of sp³-hybridized carbons (Fsp3) is 0.133. The van der Waals surface area contributed by atoms with Gasteiger partial charge in [-0.2, -0.15) is 0 Å². The highest BCUT2D eigenvalue weighted by Crippen LogP contribution is 2.29. The van der Waals surface area contributed by atoms with E-state index in [2.05, 4.69) is 31.9 Å². The minimum atomic E-state index is -1.95. The number of aromatic carboxylic acids is 1. The monoisotopic (exact) mass is 513 g/mol. The molecular weight excluding hydrogens is 505 g/mol. The number of alkyl halides is 3. The van der Waals surface area contributed by atoms with Gasteiger partial charge in [0.25, 0.3) is 5.91 Å². The van der Waals surface area contributed by atoms with Crippen LogP contribution < -0.4 is 16.0 Å². The molecule has 144 valence electrons. The van der Waals surface area contributed by atoms with Gasteiger partial charge in [-0.3, -0.25) is 4.79 Å². The van der Waals surface area contributed by atoms with Crippen LogP contribution in [0.15, 0.2) is 45.5 Å². The van der Waals surface area contributed by atoms with E-state index in [4.69, 9.17) is 56.5 Å². The number of carboxylic acids is 1. The van der Waals surface area contributed by atoms with E-state index >= 15 is 0 Å². The van der Waals surface area contributed by atoms with Crippen molar-refractivity contribution in [2.24, 2.45) is 0 Å². The molecule has 0 saturated heterocycles. The number of halogens is 4. The molecule has 1 amide bonds. The van der Waals surface area contributed by atoms with Gasteiger partial charge in [0.15, 0.2) is 15.5 Å². The number of benzene rings is 1. The van der Waals surface area contributed by atoms with Crippen LogP contribution in [0.1, 0.15) is 20.9 Å². The van der Waals surface area contributed by atoms with Gasteiger partial charge in [0, 0.05) is 5.69 Å².